The van der Waals surface area contributed by atoms with Crippen molar-refractivity contribution in [2.24, 2.45) is 0 Å². The highest BCUT2D eigenvalue weighted by atomic mass is 19.4. The van der Waals surface area contributed by atoms with Crippen LogP contribution in [-0.4, -0.2) is 11.1 Å². The summed E-state index contributed by atoms with van der Waals surface area (Å²) in [5, 5.41) is 8.27. The minimum Gasteiger partial charge on any atom is -0.475 e. The summed E-state index contributed by atoms with van der Waals surface area (Å²) in [6.45, 7) is 0. The zero-order valence-electron chi connectivity index (χ0n) is 8.67. The number of carboxylic acids is 1. The lowest BCUT2D eigenvalue weighted by molar-refractivity contribution is -0.178. The molecule has 0 amide bonds. The molecule has 0 bridgehead atoms. The molecule has 114 valence electrons. The summed E-state index contributed by atoms with van der Waals surface area (Å²) in [6, 6.07) is 0. The Morgan fingerprint density at radius 1 is 0.800 bits per heavy atom. The van der Waals surface area contributed by atoms with Gasteiger partial charge in [0.1, 0.15) is 11.1 Å². The van der Waals surface area contributed by atoms with E-state index in [2.05, 4.69) is 4.42 Å². The molecule has 0 fully saturated rings. The molecule has 12 heteroatoms. The Labute approximate surface area is 102 Å². The van der Waals surface area contributed by atoms with Crippen LogP contribution < -0.4 is 0 Å². The zero-order chi connectivity index (χ0) is 16.1. The van der Waals surface area contributed by atoms with Crippen molar-refractivity contribution >= 4 is 5.97 Å². The SMILES string of the molecule is O=C(O)c1oc(C(F)(F)F)c(C(F)(F)F)c1C(F)(F)F. The van der Waals surface area contributed by atoms with Crippen molar-refractivity contribution in [1.82, 2.24) is 0 Å². The highest BCUT2D eigenvalue weighted by molar-refractivity contribution is 5.87. The van der Waals surface area contributed by atoms with Crippen LogP contribution in [0.4, 0.5) is 39.5 Å². The lowest BCUT2D eigenvalue weighted by Gasteiger charge is -2.12. The molecule has 20 heavy (non-hydrogen) atoms. The van der Waals surface area contributed by atoms with Crippen LogP contribution in [0.5, 0.6) is 0 Å². The maximum absolute atomic E-state index is 12.4. The summed E-state index contributed by atoms with van der Waals surface area (Å²) in [5.41, 5.74) is -6.24. The van der Waals surface area contributed by atoms with E-state index in [1.54, 1.807) is 0 Å². The first-order valence-corrected chi connectivity index (χ1v) is 4.29. The number of rotatable bonds is 1. The Morgan fingerprint density at radius 2 is 1.20 bits per heavy atom. The Bertz CT molecular complexity index is 531. The van der Waals surface area contributed by atoms with Gasteiger partial charge in [0.2, 0.25) is 11.5 Å². The summed E-state index contributed by atoms with van der Waals surface area (Å²) in [5.74, 6) is -8.25. The average molecular weight is 316 g/mol. The topological polar surface area (TPSA) is 50.4 Å². The number of aromatic carboxylic acids is 1. The molecule has 0 radical (unpaired) electrons. The van der Waals surface area contributed by atoms with E-state index in [4.69, 9.17) is 5.11 Å². The molecule has 0 atom stereocenters. The Hall–Kier alpha value is -1.88. The van der Waals surface area contributed by atoms with E-state index in [0.717, 1.165) is 0 Å². The molecule has 3 nitrogen and oxygen atoms in total. The van der Waals surface area contributed by atoms with Crippen LogP contribution >= 0.6 is 0 Å². The van der Waals surface area contributed by atoms with Gasteiger partial charge in [-0.2, -0.15) is 39.5 Å². The van der Waals surface area contributed by atoms with Crippen LogP contribution in [0.15, 0.2) is 4.42 Å². The molecule has 1 rings (SSSR count). The Kier molecular flexibility index (Phi) is 3.49. The van der Waals surface area contributed by atoms with Crippen molar-refractivity contribution in [3.63, 3.8) is 0 Å². The highest BCUT2D eigenvalue weighted by Crippen LogP contribution is 2.49. The van der Waals surface area contributed by atoms with E-state index in [1.807, 2.05) is 0 Å². The van der Waals surface area contributed by atoms with E-state index in [0.29, 0.717) is 0 Å². The monoisotopic (exact) mass is 316 g/mol. The van der Waals surface area contributed by atoms with Crippen LogP contribution in [0, 0.1) is 0 Å². The molecule has 1 N–H and O–H groups in total. The number of carboxylic acid groups (broad SMARTS) is 1. The number of hydrogen-bond donors (Lipinski definition) is 1. The summed E-state index contributed by atoms with van der Waals surface area (Å²) < 4.78 is 114. The molecule has 0 aromatic carbocycles. The van der Waals surface area contributed by atoms with Crippen LogP contribution in [-0.2, 0) is 18.5 Å². The first-order chi connectivity index (χ1) is 8.67. The Balaban J connectivity index is 3.88. The number of halogens is 9. The molecule has 0 spiro atoms. The van der Waals surface area contributed by atoms with E-state index in [1.165, 1.54) is 0 Å². The number of carbonyl (C=O) groups is 1. The minimum absolute atomic E-state index is 2.47. The molecule has 1 aromatic heterocycles. The van der Waals surface area contributed by atoms with Crippen molar-refractivity contribution in [1.29, 1.82) is 0 Å². The van der Waals surface area contributed by atoms with Crippen molar-refractivity contribution < 1.29 is 53.8 Å². The van der Waals surface area contributed by atoms with Gasteiger partial charge in [-0.15, -0.1) is 0 Å². The quantitative estimate of drug-likeness (QED) is 0.796. The molecule has 0 saturated heterocycles. The standard InChI is InChI=1S/C8HF9O3/c9-6(10,11)1-2(7(12,13)14)4(8(15,16)17)20-3(1)5(18)19/h(H,18,19). The third kappa shape index (κ3) is 2.82. The van der Waals surface area contributed by atoms with E-state index in [9.17, 15) is 44.3 Å². The summed E-state index contributed by atoms with van der Waals surface area (Å²) in [4.78, 5) is 10.4. The van der Waals surface area contributed by atoms with Gasteiger partial charge in [-0.1, -0.05) is 0 Å². The fourth-order valence-electron chi connectivity index (χ4n) is 1.32. The lowest BCUT2D eigenvalue weighted by atomic mass is 10.1. The van der Waals surface area contributed by atoms with Crippen molar-refractivity contribution in [3.8, 4) is 0 Å². The van der Waals surface area contributed by atoms with Gasteiger partial charge in [0.15, 0.2) is 0 Å². The van der Waals surface area contributed by atoms with Gasteiger partial charge in [0, 0.05) is 0 Å². The fraction of sp³-hybridized carbons (Fsp3) is 0.375. The van der Waals surface area contributed by atoms with Gasteiger partial charge in [0.25, 0.3) is 0 Å². The third-order valence-electron chi connectivity index (χ3n) is 1.93. The molecule has 0 aliphatic carbocycles. The van der Waals surface area contributed by atoms with Crippen molar-refractivity contribution in [2.45, 2.75) is 18.5 Å². The molecule has 0 unspecified atom stereocenters. The maximum Gasteiger partial charge on any atom is 0.450 e. The van der Waals surface area contributed by atoms with Gasteiger partial charge in [-0.3, -0.25) is 0 Å². The maximum atomic E-state index is 12.4. The molecule has 0 aliphatic heterocycles. The van der Waals surface area contributed by atoms with Crippen LogP contribution in [0.1, 0.15) is 27.4 Å². The molecular formula is C8HF9O3. The molecule has 1 heterocycles. The number of furan rings is 1. The molecular weight excluding hydrogens is 315 g/mol. The summed E-state index contributed by atoms with van der Waals surface area (Å²) in [6.07, 6.45) is -18.0. The van der Waals surface area contributed by atoms with Gasteiger partial charge < -0.3 is 9.52 Å². The lowest BCUT2D eigenvalue weighted by Crippen LogP contribution is -2.20. The van der Waals surface area contributed by atoms with E-state index < -0.39 is 47.1 Å². The summed E-state index contributed by atoms with van der Waals surface area (Å²) >= 11 is 0. The van der Waals surface area contributed by atoms with E-state index in [-0.39, 0.29) is 0 Å². The van der Waals surface area contributed by atoms with Crippen molar-refractivity contribution in [3.05, 3.63) is 22.6 Å². The summed E-state index contributed by atoms with van der Waals surface area (Å²) in [7, 11) is 0. The number of hydrogen-bond acceptors (Lipinski definition) is 2. The van der Waals surface area contributed by atoms with Gasteiger partial charge in [0.05, 0.1) is 0 Å². The molecule has 0 saturated carbocycles. The minimum atomic E-state index is -6.10. The zero-order valence-corrected chi connectivity index (χ0v) is 8.67. The molecule has 1 aromatic rings. The highest BCUT2D eigenvalue weighted by Gasteiger charge is 2.56. The van der Waals surface area contributed by atoms with Crippen LogP contribution in [0.2, 0.25) is 0 Å². The predicted molar refractivity (Wildman–Crippen MR) is 40.7 cm³/mol. The normalized spacial score (nSPS) is 13.7. The average Bonchev–Trinajstić information content (AvgIpc) is 2.54. The third-order valence-corrected chi connectivity index (χ3v) is 1.93. The smallest absolute Gasteiger partial charge is 0.450 e. The van der Waals surface area contributed by atoms with Gasteiger partial charge in [-0.25, -0.2) is 4.79 Å². The van der Waals surface area contributed by atoms with Gasteiger partial charge in [-0.05, 0) is 0 Å². The van der Waals surface area contributed by atoms with Gasteiger partial charge >= 0.3 is 24.5 Å². The van der Waals surface area contributed by atoms with Crippen molar-refractivity contribution in [2.75, 3.05) is 0 Å². The Morgan fingerprint density at radius 3 is 1.45 bits per heavy atom. The second kappa shape index (κ2) is 4.31. The number of alkyl halides is 9. The molecule has 0 aliphatic rings. The fourth-order valence-corrected chi connectivity index (χ4v) is 1.32. The van der Waals surface area contributed by atoms with Crippen LogP contribution in [0.3, 0.4) is 0 Å². The second-order valence-electron chi connectivity index (χ2n) is 3.31. The largest absolute Gasteiger partial charge is 0.475 e. The first kappa shape index (κ1) is 16.2. The predicted octanol–water partition coefficient (Wildman–Crippen LogP) is 4.03. The van der Waals surface area contributed by atoms with E-state index >= 15 is 0 Å². The second-order valence-corrected chi connectivity index (χ2v) is 3.31. The van der Waals surface area contributed by atoms with Crippen LogP contribution in [0.25, 0.3) is 0 Å². The first-order valence-electron chi connectivity index (χ1n) is 4.29.